The van der Waals surface area contributed by atoms with Crippen LogP contribution in [-0.2, 0) is 11.4 Å². The first-order chi connectivity index (χ1) is 15.3. The fourth-order valence-electron chi connectivity index (χ4n) is 2.86. The number of benzene rings is 2. The van der Waals surface area contributed by atoms with Gasteiger partial charge in [0.15, 0.2) is 5.82 Å². The Kier molecular flexibility index (Phi) is 8.24. The predicted octanol–water partition coefficient (Wildman–Crippen LogP) is 3.47. The molecule has 170 valence electrons. The number of thioether (sulfide) groups is 1. The number of nitrogens with zero attached hydrogens (tertiary/aromatic N) is 4. The molecule has 3 rings (SSSR count). The van der Waals surface area contributed by atoms with Crippen LogP contribution in [0.5, 0.6) is 11.5 Å². The van der Waals surface area contributed by atoms with Crippen LogP contribution in [0.2, 0.25) is 5.02 Å². The van der Waals surface area contributed by atoms with Crippen molar-refractivity contribution in [3.05, 3.63) is 64.4 Å². The van der Waals surface area contributed by atoms with Crippen LogP contribution in [0.4, 0.5) is 0 Å². The van der Waals surface area contributed by atoms with Gasteiger partial charge in [0.05, 0.1) is 12.3 Å². The number of ether oxygens (including phenoxy) is 2. The number of hydrogen-bond donors (Lipinski definition) is 1. The summed E-state index contributed by atoms with van der Waals surface area (Å²) in [6.07, 6.45) is 0. The van der Waals surface area contributed by atoms with Crippen molar-refractivity contribution in [2.45, 2.75) is 25.6 Å². The minimum atomic E-state index is -0.0641. The Hall–Kier alpha value is -2.91. The Morgan fingerprint density at radius 3 is 2.47 bits per heavy atom. The zero-order valence-electron chi connectivity index (χ0n) is 18.2. The largest absolute Gasteiger partial charge is 0.492 e. The molecule has 10 heteroatoms. The average Bonchev–Trinajstić information content (AvgIpc) is 3.10. The number of carbonyl (C=O) groups excluding carboxylic acids is 1. The Morgan fingerprint density at radius 2 is 1.78 bits per heavy atom. The van der Waals surface area contributed by atoms with Crippen LogP contribution in [0.15, 0.2) is 47.6 Å². The molecule has 0 aliphatic carbocycles. The summed E-state index contributed by atoms with van der Waals surface area (Å²) in [5.74, 6) is 8.13. The van der Waals surface area contributed by atoms with E-state index in [1.165, 1.54) is 16.4 Å². The zero-order valence-corrected chi connectivity index (χ0v) is 19.8. The molecular weight excluding hydrogens is 450 g/mol. The molecule has 32 heavy (non-hydrogen) atoms. The lowest BCUT2D eigenvalue weighted by Gasteiger charge is -2.17. The van der Waals surface area contributed by atoms with Gasteiger partial charge in [-0.1, -0.05) is 29.4 Å². The molecule has 0 saturated carbocycles. The number of amides is 1. The third kappa shape index (κ3) is 6.80. The Morgan fingerprint density at radius 1 is 1.09 bits per heavy atom. The van der Waals surface area contributed by atoms with E-state index < -0.39 is 0 Å². The number of hydrogen-bond acceptors (Lipinski definition) is 7. The standard InChI is InChI=1S/C22H26ClN5O3S/c1-15-10-16(2)12-19(11-15)31-13-20-25-26-22(28(20)24)32-14-21(29)27(3)8-9-30-18-6-4-17(23)5-7-18/h4-7,10-12H,8-9,13-14,24H2,1-3H3. The van der Waals surface area contributed by atoms with Crippen molar-refractivity contribution in [2.24, 2.45) is 0 Å². The molecule has 1 aromatic heterocycles. The van der Waals surface area contributed by atoms with E-state index in [1.54, 1.807) is 36.2 Å². The van der Waals surface area contributed by atoms with Crippen molar-refractivity contribution in [1.29, 1.82) is 0 Å². The van der Waals surface area contributed by atoms with Gasteiger partial charge in [0.1, 0.15) is 24.7 Å². The Labute approximate surface area is 196 Å². The number of nitrogens with two attached hydrogens (primary N) is 1. The minimum absolute atomic E-state index is 0.0641. The predicted molar refractivity (Wildman–Crippen MR) is 126 cm³/mol. The monoisotopic (exact) mass is 475 g/mol. The molecule has 8 nitrogen and oxygen atoms in total. The summed E-state index contributed by atoms with van der Waals surface area (Å²) in [7, 11) is 1.73. The summed E-state index contributed by atoms with van der Waals surface area (Å²) >= 11 is 7.08. The smallest absolute Gasteiger partial charge is 0.232 e. The second kappa shape index (κ2) is 11.1. The van der Waals surface area contributed by atoms with Crippen LogP contribution in [0.25, 0.3) is 0 Å². The lowest BCUT2D eigenvalue weighted by atomic mass is 10.1. The van der Waals surface area contributed by atoms with Crippen molar-refractivity contribution in [1.82, 2.24) is 19.8 Å². The van der Waals surface area contributed by atoms with E-state index in [9.17, 15) is 4.79 Å². The molecule has 0 unspecified atom stereocenters. The third-order valence-electron chi connectivity index (χ3n) is 4.56. The molecule has 0 spiro atoms. The molecule has 0 aliphatic heterocycles. The SMILES string of the molecule is Cc1cc(C)cc(OCc2nnc(SCC(=O)N(C)CCOc3ccc(Cl)cc3)n2N)c1. The highest BCUT2D eigenvalue weighted by molar-refractivity contribution is 7.99. The number of aromatic nitrogens is 3. The number of carbonyl (C=O) groups is 1. The van der Waals surface area contributed by atoms with Gasteiger partial charge in [-0.05, 0) is 61.4 Å². The van der Waals surface area contributed by atoms with Gasteiger partial charge in [-0.2, -0.15) is 0 Å². The molecule has 0 fully saturated rings. The molecule has 2 aromatic carbocycles. The van der Waals surface area contributed by atoms with Crippen LogP contribution in [0.1, 0.15) is 17.0 Å². The van der Waals surface area contributed by atoms with Crippen molar-refractivity contribution in [3.63, 3.8) is 0 Å². The maximum atomic E-state index is 12.4. The molecule has 3 aromatic rings. The average molecular weight is 476 g/mol. The van der Waals surface area contributed by atoms with Gasteiger partial charge in [0.2, 0.25) is 11.1 Å². The molecule has 0 atom stereocenters. The number of aryl methyl sites for hydroxylation is 2. The summed E-state index contributed by atoms with van der Waals surface area (Å²) in [6.45, 7) is 5.03. The lowest BCUT2D eigenvalue weighted by Crippen LogP contribution is -2.32. The molecule has 0 bridgehead atoms. The summed E-state index contributed by atoms with van der Waals surface area (Å²) in [4.78, 5) is 14.0. The summed E-state index contributed by atoms with van der Waals surface area (Å²) < 4.78 is 12.8. The van der Waals surface area contributed by atoms with Crippen molar-refractivity contribution >= 4 is 29.3 Å². The number of nitrogen functional groups attached to an aromatic ring is 1. The van der Waals surface area contributed by atoms with Crippen LogP contribution in [0, 0.1) is 13.8 Å². The molecular formula is C22H26ClN5O3S. The van der Waals surface area contributed by atoms with Gasteiger partial charge in [-0.3, -0.25) is 4.79 Å². The van der Waals surface area contributed by atoms with E-state index in [0.717, 1.165) is 16.9 Å². The zero-order chi connectivity index (χ0) is 23.1. The molecule has 0 radical (unpaired) electrons. The van der Waals surface area contributed by atoms with E-state index in [-0.39, 0.29) is 18.3 Å². The van der Waals surface area contributed by atoms with Gasteiger partial charge in [0, 0.05) is 12.1 Å². The van der Waals surface area contributed by atoms with Crippen LogP contribution >= 0.6 is 23.4 Å². The topological polar surface area (TPSA) is 95.5 Å². The molecule has 1 amide bonds. The summed E-state index contributed by atoms with van der Waals surface area (Å²) in [6, 6.07) is 13.1. The lowest BCUT2D eigenvalue weighted by molar-refractivity contribution is -0.127. The molecule has 0 aliphatic rings. The molecule has 0 saturated heterocycles. The van der Waals surface area contributed by atoms with Crippen LogP contribution < -0.4 is 15.3 Å². The van der Waals surface area contributed by atoms with Gasteiger partial charge in [-0.15, -0.1) is 10.2 Å². The van der Waals surface area contributed by atoms with Crippen LogP contribution in [0.3, 0.4) is 0 Å². The van der Waals surface area contributed by atoms with Gasteiger partial charge in [0.25, 0.3) is 0 Å². The van der Waals surface area contributed by atoms with Crippen molar-refractivity contribution in [2.75, 3.05) is 31.8 Å². The van der Waals surface area contributed by atoms with Gasteiger partial charge >= 0.3 is 0 Å². The molecule has 1 heterocycles. The van der Waals surface area contributed by atoms with Crippen LogP contribution in [-0.4, -0.2) is 51.6 Å². The third-order valence-corrected chi connectivity index (χ3v) is 5.74. The van der Waals surface area contributed by atoms with Crippen molar-refractivity contribution < 1.29 is 14.3 Å². The minimum Gasteiger partial charge on any atom is -0.492 e. The second-order valence-electron chi connectivity index (χ2n) is 7.29. The Bertz CT molecular complexity index is 1040. The van der Waals surface area contributed by atoms with Gasteiger partial charge in [-0.25, -0.2) is 4.68 Å². The first kappa shape index (κ1) is 23.7. The normalized spacial score (nSPS) is 10.8. The Balaban J connectivity index is 1.44. The van der Waals surface area contributed by atoms with E-state index in [0.29, 0.717) is 34.9 Å². The number of halogens is 1. The molecule has 2 N–H and O–H groups in total. The van der Waals surface area contributed by atoms with E-state index in [2.05, 4.69) is 16.3 Å². The fourth-order valence-corrected chi connectivity index (χ4v) is 3.80. The highest BCUT2D eigenvalue weighted by atomic mass is 35.5. The van der Waals surface area contributed by atoms with E-state index in [4.69, 9.17) is 26.9 Å². The summed E-state index contributed by atoms with van der Waals surface area (Å²) in [5.41, 5.74) is 2.23. The highest BCUT2D eigenvalue weighted by Crippen LogP contribution is 2.19. The summed E-state index contributed by atoms with van der Waals surface area (Å²) in [5, 5.41) is 9.24. The van der Waals surface area contributed by atoms with E-state index >= 15 is 0 Å². The number of rotatable bonds is 10. The first-order valence-electron chi connectivity index (χ1n) is 9.97. The van der Waals surface area contributed by atoms with Crippen molar-refractivity contribution in [3.8, 4) is 11.5 Å². The first-order valence-corrected chi connectivity index (χ1v) is 11.3. The van der Waals surface area contributed by atoms with Gasteiger partial charge < -0.3 is 20.2 Å². The van der Waals surface area contributed by atoms with E-state index in [1.807, 2.05) is 26.0 Å². The highest BCUT2D eigenvalue weighted by Gasteiger charge is 2.15. The fraction of sp³-hybridized carbons (Fsp3) is 0.318. The quantitative estimate of drug-likeness (QED) is 0.354. The second-order valence-corrected chi connectivity index (χ2v) is 8.67. The number of likely N-dealkylation sites (N-methyl/N-ethyl adjacent to an activating group) is 1. The maximum absolute atomic E-state index is 12.4. The maximum Gasteiger partial charge on any atom is 0.232 e.